The number of thiophene rings is 1. The first kappa shape index (κ1) is 13.3. The molecule has 1 aromatic rings. The van der Waals surface area contributed by atoms with Gasteiger partial charge in [0.25, 0.3) is 0 Å². The Morgan fingerprint density at radius 2 is 2.17 bits per heavy atom. The van der Waals surface area contributed by atoms with Gasteiger partial charge in [-0.15, -0.1) is 11.3 Å². The number of sulfonamides is 1. The number of hydrogen-bond acceptors (Lipinski definition) is 4. The molecule has 0 unspecified atom stereocenters. The molecule has 4 N–H and O–H groups in total. The van der Waals surface area contributed by atoms with Crippen molar-refractivity contribution < 1.29 is 13.2 Å². The first-order chi connectivity index (χ1) is 8.45. The van der Waals surface area contributed by atoms with Gasteiger partial charge in [0.05, 0.1) is 6.54 Å². The fourth-order valence-electron chi connectivity index (χ4n) is 1.56. The lowest BCUT2D eigenvalue weighted by Gasteiger charge is -2.26. The summed E-state index contributed by atoms with van der Waals surface area (Å²) in [6, 6.07) is 3.16. The Bertz CT molecular complexity index is 534. The molecule has 100 valence electrons. The van der Waals surface area contributed by atoms with Gasteiger partial charge in [-0.3, -0.25) is 0 Å². The third kappa shape index (κ3) is 3.44. The molecule has 18 heavy (non-hydrogen) atoms. The Kier molecular flexibility index (Phi) is 3.88. The lowest BCUT2D eigenvalue weighted by Crippen LogP contribution is -2.44. The van der Waals surface area contributed by atoms with Crippen LogP contribution in [-0.2, 0) is 16.6 Å². The zero-order valence-electron chi connectivity index (χ0n) is 9.68. The van der Waals surface area contributed by atoms with Gasteiger partial charge in [-0.2, -0.15) is 0 Å². The number of carbonyl (C=O) groups excluding carboxylic acids is 1. The van der Waals surface area contributed by atoms with E-state index in [0.717, 1.165) is 35.5 Å². The predicted octanol–water partition coefficient (Wildman–Crippen LogP) is 0.747. The summed E-state index contributed by atoms with van der Waals surface area (Å²) in [5, 5.41) is 10.5. The molecule has 0 bridgehead atoms. The van der Waals surface area contributed by atoms with Crippen molar-refractivity contribution in [3.8, 4) is 0 Å². The molecule has 1 saturated carbocycles. The van der Waals surface area contributed by atoms with Crippen molar-refractivity contribution in [2.75, 3.05) is 0 Å². The predicted molar refractivity (Wildman–Crippen MR) is 68.7 cm³/mol. The molecule has 0 radical (unpaired) electrons. The van der Waals surface area contributed by atoms with Crippen LogP contribution in [0.2, 0.25) is 0 Å². The van der Waals surface area contributed by atoms with Gasteiger partial charge < -0.3 is 10.6 Å². The van der Waals surface area contributed by atoms with Crippen molar-refractivity contribution in [3.63, 3.8) is 0 Å². The SMILES string of the molecule is NS(=O)(=O)c1ccc(CNC(=O)NC2CCC2)s1. The van der Waals surface area contributed by atoms with Crippen LogP contribution in [0.5, 0.6) is 0 Å². The zero-order chi connectivity index (χ0) is 13.2. The highest BCUT2D eigenvalue weighted by Gasteiger charge is 2.19. The minimum Gasteiger partial charge on any atom is -0.335 e. The highest BCUT2D eigenvalue weighted by Crippen LogP contribution is 2.20. The van der Waals surface area contributed by atoms with Crippen LogP contribution in [0.3, 0.4) is 0 Å². The van der Waals surface area contributed by atoms with E-state index in [2.05, 4.69) is 10.6 Å². The van der Waals surface area contributed by atoms with Crippen LogP contribution >= 0.6 is 11.3 Å². The van der Waals surface area contributed by atoms with Crippen LogP contribution in [0, 0.1) is 0 Å². The van der Waals surface area contributed by atoms with Gasteiger partial charge in [-0.05, 0) is 31.4 Å². The molecule has 1 aliphatic carbocycles. The number of primary sulfonamides is 1. The zero-order valence-corrected chi connectivity index (χ0v) is 11.3. The van der Waals surface area contributed by atoms with Crippen molar-refractivity contribution in [1.82, 2.24) is 10.6 Å². The van der Waals surface area contributed by atoms with Gasteiger partial charge in [-0.25, -0.2) is 18.4 Å². The number of urea groups is 1. The van der Waals surface area contributed by atoms with Gasteiger partial charge in [0.15, 0.2) is 0 Å². The van der Waals surface area contributed by atoms with Crippen LogP contribution in [-0.4, -0.2) is 20.5 Å². The van der Waals surface area contributed by atoms with E-state index in [4.69, 9.17) is 5.14 Å². The number of nitrogens with one attached hydrogen (secondary N) is 2. The first-order valence-electron chi connectivity index (χ1n) is 5.61. The van der Waals surface area contributed by atoms with Gasteiger partial charge in [0, 0.05) is 10.9 Å². The maximum atomic E-state index is 11.5. The second-order valence-corrected chi connectivity index (χ2v) is 7.18. The molecule has 0 spiro atoms. The average molecular weight is 289 g/mol. The van der Waals surface area contributed by atoms with E-state index in [1.165, 1.54) is 6.07 Å². The Labute approximate surface area is 110 Å². The summed E-state index contributed by atoms with van der Waals surface area (Å²) < 4.78 is 22.2. The highest BCUT2D eigenvalue weighted by molar-refractivity contribution is 7.91. The third-order valence-corrected chi connectivity index (χ3v) is 5.30. The molecular formula is C10H15N3O3S2. The van der Waals surface area contributed by atoms with E-state index < -0.39 is 10.0 Å². The molecule has 1 fully saturated rings. The topological polar surface area (TPSA) is 101 Å². The molecule has 8 heteroatoms. The second-order valence-electron chi connectivity index (χ2n) is 4.22. The summed E-state index contributed by atoms with van der Waals surface area (Å²) in [7, 11) is -3.64. The van der Waals surface area contributed by atoms with E-state index in [1.54, 1.807) is 6.07 Å². The average Bonchev–Trinajstić information content (AvgIpc) is 2.68. The minimum absolute atomic E-state index is 0.110. The Hall–Kier alpha value is -1.12. The van der Waals surface area contributed by atoms with Crippen LogP contribution in [0.4, 0.5) is 4.79 Å². The van der Waals surface area contributed by atoms with E-state index >= 15 is 0 Å². The Balaban J connectivity index is 1.82. The maximum absolute atomic E-state index is 11.5. The Morgan fingerprint density at radius 3 is 2.67 bits per heavy atom. The van der Waals surface area contributed by atoms with Crippen LogP contribution in [0.15, 0.2) is 16.3 Å². The van der Waals surface area contributed by atoms with E-state index in [-0.39, 0.29) is 16.3 Å². The lowest BCUT2D eigenvalue weighted by molar-refractivity contribution is 0.228. The Morgan fingerprint density at radius 1 is 1.44 bits per heavy atom. The monoisotopic (exact) mass is 289 g/mol. The second kappa shape index (κ2) is 5.25. The maximum Gasteiger partial charge on any atom is 0.315 e. The molecule has 2 rings (SSSR count). The smallest absolute Gasteiger partial charge is 0.315 e. The third-order valence-electron chi connectivity index (χ3n) is 2.78. The fourth-order valence-corrected chi connectivity index (χ4v) is 3.28. The normalized spacial score (nSPS) is 16.1. The summed E-state index contributed by atoms with van der Waals surface area (Å²) in [5.41, 5.74) is 0. The van der Waals surface area contributed by atoms with Crippen molar-refractivity contribution in [2.45, 2.75) is 36.1 Å². The summed E-state index contributed by atoms with van der Waals surface area (Å²) in [5.74, 6) is 0. The van der Waals surface area contributed by atoms with Gasteiger partial charge >= 0.3 is 6.03 Å². The molecule has 1 aliphatic rings. The molecule has 1 heterocycles. The molecule has 0 atom stereocenters. The molecule has 0 aromatic carbocycles. The summed E-state index contributed by atoms with van der Waals surface area (Å²) in [4.78, 5) is 12.2. The number of nitrogens with two attached hydrogens (primary N) is 1. The summed E-state index contributed by atoms with van der Waals surface area (Å²) in [6.45, 7) is 0.304. The summed E-state index contributed by atoms with van der Waals surface area (Å²) in [6.07, 6.45) is 3.22. The largest absolute Gasteiger partial charge is 0.335 e. The molecule has 6 nitrogen and oxygen atoms in total. The van der Waals surface area contributed by atoms with Gasteiger partial charge in [0.2, 0.25) is 10.0 Å². The fraction of sp³-hybridized carbons (Fsp3) is 0.500. The van der Waals surface area contributed by atoms with Crippen molar-refractivity contribution in [3.05, 3.63) is 17.0 Å². The van der Waals surface area contributed by atoms with E-state index in [0.29, 0.717) is 6.54 Å². The molecule has 2 amide bonds. The van der Waals surface area contributed by atoms with Crippen molar-refractivity contribution in [1.29, 1.82) is 0 Å². The van der Waals surface area contributed by atoms with E-state index in [1.807, 2.05) is 0 Å². The molecular weight excluding hydrogens is 274 g/mol. The van der Waals surface area contributed by atoms with Crippen LogP contribution in [0.25, 0.3) is 0 Å². The van der Waals surface area contributed by atoms with Gasteiger partial charge in [-0.1, -0.05) is 0 Å². The number of hydrogen-bond donors (Lipinski definition) is 3. The summed E-state index contributed by atoms with van der Waals surface area (Å²) >= 11 is 1.06. The van der Waals surface area contributed by atoms with Gasteiger partial charge in [0.1, 0.15) is 4.21 Å². The number of carbonyl (C=O) groups is 1. The minimum atomic E-state index is -3.64. The number of amides is 2. The van der Waals surface area contributed by atoms with Crippen molar-refractivity contribution in [2.24, 2.45) is 5.14 Å². The quantitative estimate of drug-likeness (QED) is 0.762. The number of rotatable bonds is 4. The first-order valence-corrected chi connectivity index (χ1v) is 7.97. The highest BCUT2D eigenvalue weighted by atomic mass is 32.2. The van der Waals surface area contributed by atoms with Crippen LogP contribution in [0.1, 0.15) is 24.1 Å². The standard InChI is InChI=1S/C10H15N3O3S2/c11-18(15,16)9-5-4-8(17-9)6-12-10(14)13-7-2-1-3-7/h4-5,7H,1-3,6H2,(H2,11,15,16)(H2,12,13,14). The molecule has 0 aliphatic heterocycles. The molecule has 1 aromatic heterocycles. The lowest BCUT2D eigenvalue weighted by atomic mass is 9.93. The van der Waals surface area contributed by atoms with Crippen molar-refractivity contribution >= 4 is 27.4 Å². The molecule has 0 saturated heterocycles. The van der Waals surface area contributed by atoms with Crippen LogP contribution < -0.4 is 15.8 Å². The van der Waals surface area contributed by atoms with E-state index in [9.17, 15) is 13.2 Å².